The van der Waals surface area contributed by atoms with E-state index < -0.39 is 0 Å². The van der Waals surface area contributed by atoms with E-state index in [1.807, 2.05) is 43.3 Å². The van der Waals surface area contributed by atoms with Crippen LogP contribution in [-0.2, 0) is 0 Å². The first-order valence-corrected chi connectivity index (χ1v) is 10.3. The summed E-state index contributed by atoms with van der Waals surface area (Å²) in [6.45, 7) is 2.01. The van der Waals surface area contributed by atoms with Gasteiger partial charge in [-0.1, -0.05) is 78.3 Å². The minimum Gasteiger partial charge on any atom is -0.289 e. The highest BCUT2D eigenvalue weighted by molar-refractivity contribution is 6.31. The molecule has 5 aromatic carbocycles. The van der Waals surface area contributed by atoms with Gasteiger partial charge < -0.3 is 0 Å². The second-order valence-electron chi connectivity index (χ2n) is 7.53. The molecule has 0 saturated heterocycles. The van der Waals surface area contributed by atoms with E-state index in [1.54, 1.807) is 24.3 Å². The zero-order valence-corrected chi connectivity index (χ0v) is 17.3. The van der Waals surface area contributed by atoms with E-state index in [2.05, 4.69) is 36.4 Å². The van der Waals surface area contributed by atoms with Gasteiger partial charge in [-0.05, 0) is 70.1 Å². The number of halogens is 1. The highest BCUT2D eigenvalue weighted by Gasteiger charge is 2.19. The van der Waals surface area contributed by atoms with Crippen LogP contribution in [0.4, 0.5) is 0 Å². The Hall–Kier alpha value is -3.42. The Kier molecular flexibility index (Phi) is 4.61. The molecule has 0 fully saturated rings. The third-order valence-corrected chi connectivity index (χ3v) is 5.90. The first kappa shape index (κ1) is 18.6. The molecule has 1 nitrogen and oxygen atoms in total. The Labute approximate surface area is 180 Å². The predicted molar refractivity (Wildman–Crippen MR) is 127 cm³/mol. The Balaban J connectivity index is 1.90. The molecule has 0 radical (unpaired) electrons. The van der Waals surface area contributed by atoms with E-state index >= 15 is 0 Å². The van der Waals surface area contributed by atoms with Crippen molar-refractivity contribution in [1.29, 1.82) is 0 Å². The molecule has 2 heteroatoms. The molecule has 0 bridgehead atoms. The lowest BCUT2D eigenvalue weighted by molar-refractivity contribution is 0.104. The molecule has 0 aliphatic rings. The van der Waals surface area contributed by atoms with E-state index in [4.69, 9.17) is 11.6 Å². The highest BCUT2D eigenvalue weighted by Crippen LogP contribution is 2.38. The van der Waals surface area contributed by atoms with E-state index in [0.29, 0.717) is 10.6 Å². The lowest BCUT2D eigenvalue weighted by Gasteiger charge is -2.16. The van der Waals surface area contributed by atoms with Gasteiger partial charge in [0.2, 0.25) is 0 Å². The summed E-state index contributed by atoms with van der Waals surface area (Å²) < 4.78 is 0. The van der Waals surface area contributed by atoms with Crippen LogP contribution in [-0.4, -0.2) is 5.78 Å². The van der Waals surface area contributed by atoms with Crippen molar-refractivity contribution in [2.45, 2.75) is 6.92 Å². The van der Waals surface area contributed by atoms with Crippen LogP contribution in [0.3, 0.4) is 0 Å². The number of aryl methyl sites for hydroxylation is 1. The summed E-state index contributed by atoms with van der Waals surface area (Å²) in [5.41, 5.74) is 4.64. The summed E-state index contributed by atoms with van der Waals surface area (Å²) in [5, 5.41) is 4.93. The first-order chi connectivity index (χ1) is 14.6. The lowest BCUT2D eigenvalue weighted by Crippen LogP contribution is -2.05. The molecule has 0 amide bonds. The van der Waals surface area contributed by atoms with Gasteiger partial charge in [0, 0.05) is 21.5 Å². The summed E-state index contributed by atoms with van der Waals surface area (Å²) in [5.74, 6) is 0.0186. The van der Waals surface area contributed by atoms with Gasteiger partial charge in [-0.2, -0.15) is 0 Å². The fourth-order valence-corrected chi connectivity index (χ4v) is 4.32. The van der Waals surface area contributed by atoms with Gasteiger partial charge in [0.25, 0.3) is 0 Å². The average molecular weight is 407 g/mol. The minimum absolute atomic E-state index is 0.0186. The molecular formula is C28H19ClO. The Morgan fingerprint density at radius 3 is 2.20 bits per heavy atom. The number of fused-ring (bicyclic) bond motifs is 3. The zero-order chi connectivity index (χ0) is 20.7. The maximum Gasteiger partial charge on any atom is 0.193 e. The molecule has 144 valence electrons. The molecule has 0 heterocycles. The van der Waals surface area contributed by atoms with E-state index in [0.717, 1.165) is 43.8 Å². The molecule has 0 aromatic heterocycles. The molecule has 0 N–H and O–H groups in total. The van der Waals surface area contributed by atoms with E-state index in [-0.39, 0.29) is 5.78 Å². The number of ketones is 1. The van der Waals surface area contributed by atoms with E-state index in [9.17, 15) is 4.79 Å². The van der Waals surface area contributed by atoms with Crippen molar-refractivity contribution in [3.63, 3.8) is 0 Å². The van der Waals surface area contributed by atoms with Gasteiger partial charge in [-0.3, -0.25) is 4.79 Å². The molecule has 0 unspecified atom stereocenters. The molecule has 0 aliphatic carbocycles. The van der Waals surface area contributed by atoms with Crippen LogP contribution in [0.1, 0.15) is 21.5 Å². The SMILES string of the molecule is Cc1ccc2c(-c3ccccc3)cc3ccccc3c2c1C(=O)c1ccc(Cl)cc1. The minimum atomic E-state index is 0.0186. The van der Waals surface area contributed by atoms with Crippen LogP contribution in [0.25, 0.3) is 32.7 Å². The number of benzene rings is 5. The molecule has 0 saturated carbocycles. The number of rotatable bonds is 3. The lowest BCUT2D eigenvalue weighted by atomic mass is 9.86. The van der Waals surface area contributed by atoms with Crippen LogP contribution in [0.15, 0.2) is 97.1 Å². The van der Waals surface area contributed by atoms with Crippen molar-refractivity contribution in [2.75, 3.05) is 0 Å². The second kappa shape index (κ2) is 7.44. The number of carbonyl (C=O) groups excluding carboxylic acids is 1. The first-order valence-electron chi connectivity index (χ1n) is 9.94. The van der Waals surface area contributed by atoms with Gasteiger partial charge in [0.15, 0.2) is 5.78 Å². The van der Waals surface area contributed by atoms with Gasteiger partial charge in [-0.15, -0.1) is 0 Å². The third kappa shape index (κ3) is 3.08. The maximum atomic E-state index is 13.6. The topological polar surface area (TPSA) is 17.1 Å². The largest absolute Gasteiger partial charge is 0.289 e. The predicted octanol–water partition coefficient (Wildman–Crippen LogP) is 7.85. The van der Waals surface area contributed by atoms with Gasteiger partial charge in [-0.25, -0.2) is 0 Å². The molecule has 0 spiro atoms. The van der Waals surface area contributed by atoms with Crippen LogP contribution in [0.5, 0.6) is 0 Å². The van der Waals surface area contributed by atoms with Crippen LogP contribution < -0.4 is 0 Å². The number of hydrogen-bond acceptors (Lipinski definition) is 1. The van der Waals surface area contributed by atoms with Crippen molar-refractivity contribution in [1.82, 2.24) is 0 Å². The van der Waals surface area contributed by atoms with Gasteiger partial charge >= 0.3 is 0 Å². The molecule has 30 heavy (non-hydrogen) atoms. The molecule has 5 rings (SSSR count). The van der Waals surface area contributed by atoms with Crippen LogP contribution in [0.2, 0.25) is 5.02 Å². The normalized spacial score (nSPS) is 11.1. The van der Waals surface area contributed by atoms with Crippen molar-refractivity contribution in [2.24, 2.45) is 0 Å². The summed E-state index contributed by atoms with van der Waals surface area (Å²) >= 11 is 6.04. The third-order valence-electron chi connectivity index (χ3n) is 5.65. The van der Waals surface area contributed by atoms with Crippen molar-refractivity contribution >= 4 is 38.9 Å². The maximum absolute atomic E-state index is 13.6. The standard InChI is InChI=1S/C28H19ClO/c1-18-11-16-24-25(19-7-3-2-4-8-19)17-21-9-5-6-10-23(21)27(24)26(18)28(30)20-12-14-22(29)15-13-20/h2-17H,1H3. The Bertz CT molecular complexity index is 1400. The van der Waals surface area contributed by atoms with Gasteiger partial charge in [0.05, 0.1) is 0 Å². The summed E-state index contributed by atoms with van der Waals surface area (Å²) in [4.78, 5) is 13.6. The Morgan fingerprint density at radius 2 is 1.43 bits per heavy atom. The highest BCUT2D eigenvalue weighted by atomic mass is 35.5. The van der Waals surface area contributed by atoms with Crippen molar-refractivity contribution in [3.05, 3.63) is 119 Å². The van der Waals surface area contributed by atoms with Crippen molar-refractivity contribution < 1.29 is 4.79 Å². The summed E-state index contributed by atoms with van der Waals surface area (Å²) in [7, 11) is 0. The molecule has 0 atom stereocenters. The van der Waals surface area contributed by atoms with E-state index in [1.165, 1.54) is 0 Å². The fourth-order valence-electron chi connectivity index (χ4n) is 4.19. The van der Waals surface area contributed by atoms with Crippen LogP contribution in [0, 0.1) is 6.92 Å². The fraction of sp³-hybridized carbons (Fsp3) is 0.0357. The van der Waals surface area contributed by atoms with Gasteiger partial charge in [0.1, 0.15) is 0 Å². The number of hydrogen-bond donors (Lipinski definition) is 0. The van der Waals surface area contributed by atoms with Crippen molar-refractivity contribution in [3.8, 4) is 11.1 Å². The molecular weight excluding hydrogens is 388 g/mol. The molecule has 5 aromatic rings. The molecule has 0 aliphatic heterocycles. The quantitative estimate of drug-likeness (QED) is 0.220. The monoisotopic (exact) mass is 406 g/mol. The van der Waals surface area contributed by atoms with Crippen LogP contribution >= 0.6 is 11.6 Å². The summed E-state index contributed by atoms with van der Waals surface area (Å²) in [6, 6.07) is 32.2. The Morgan fingerprint density at radius 1 is 0.733 bits per heavy atom. The number of carbonyl (C=O) groups is 1. The smallest absolute Gasteiger partial charge is 0.193 e. The zero-order valence-electron chi connectivity index (χ0n) is 16.5. The average Bonchev–Trinajstić information content (AvgIpc) is 2.79. The summed E-state index contributed by atoms with van der Waals surface area (Å²) in [6.07, 6.45) is 0. The second-order valence-corrected chi connectivity index (χ2v) is 7.96.